The molecule has 1 unspecified atom stereocenters. The number of nitrogens with one attached hydrogen (secondary N) is 2. The SMILES string of the molecule is COC(Nc1ccc(Cl)c(-c2ncc(/C=C/C(=O)NO)cn2)c1)c1ccc(S(C)(=O)=O)cc1Cl. The molecule has 0 radical (unpaired) electrons. The van der Waals surface area contributed by atoms with Crippen LogP contribution in [0.1, 0.15) is 17.4 Å². The predicted molar refractivity (Wildman–Crippen MR) is 129 cm³/mol. The minimum Gasteiger partial charge on any atom is -0.357 e. The van der Waals surface area contributed by atoms with Crippen LogP contribution in [0.5, 0.6) is 0 Å². The van der Waals surface area contributed by atoms with Gasteiger partial charge in [0, 0.05) is 59.2 Å². The van der Waals surface area contributed by atoms with Crippen LogP contribution in [0.2, 0.25) is 10.0 Å². The van der Waals surface area contributed by atoms with E-state index < -0.39 is 22.0 Å². The molecule has 0 aliphatic carbocycles. The van der Waals surface area contributed by atoms with E-state index in [4.69, 9.17) is 33.1 Å². The highest BCUT2D eigenvalue weighted by Gasteiger charge is 2.18. The molecular weight excluding hydrogens is 503 g/mol. The molecule has 0 saturated heterocycles. The van der Waals surface area contributed by atoms with Gasteiger partial charge in [0.1, 0.15) is 0 Å². The summed E-state index contributed by atoms with van der Waals surface area (Å²) in [5.41, 5.74) is 3.76. The molecule has 0 saturated carbocycles. The van der Waals surface area contributed by atoms with Crippen molar-refractivity contribution in [2.45, 2.75) is 11.1 Å². The molecular formula is C22H20Cl2N4O5S. The van der Waals surface area contributed by atoms with Crippen LogP contribution >= 0.6 is 23.2 Å². The minimum atomic E-state index is -3.40. The highest BCUT2D eigenvalue weighted by atomic mass is 35.5. The lowest BCUT2D eigenvalue weighted by Gasteiger charge is -2.21. The van der Waals surface area contributed by atoms with Gasteiger partial charge < -0.3 is 10.1 Å². The topological polar surface area (TPSA) is 131 Å². The average Bonchev–Trinajstić information content (AvgIpc) is 2.82. The van der Waals surface area contributed by atoms with Crippen LogP contribution in [0.25, 0.3) is 17.5 Å². The molecule has 1 atom stereocenters. The molecule has 34 heavy (non-hydrogen) atoms. The number of ether oxygens (including phenoxy) is 1. The number of hydrogen-bond donors (Lipinski definition) is 3. The summed E-state index contributed by atoms with van der Waals surface area (Å²) in [7, 11) is -1.91. The molecule has 3 rings (SSSR count). The van der Waals surface area contributed by atoms with Gasteiger partial charge in [-0.2, -0.15) is 0 Å². The van der Waals surface area contributed by atoms with Gasteiger partial charge in [0.2, 0.25) is 0 Å². The smallest absolute Gasteiger partial charge is 0.267 e. The molecule has 0 spiro atoms. The van der Waals surface area contributed by atoms with Crippen LogP contribution in [-0.2, 0) is 19.4 Å². The summed E-state index contributed by atoms with van der Waals surface area (Å²) in [5, 5.41) is 12.4. The van der Waals surface area contributed by atoms with Gasteiger partial charge in [-0.15, -0.1) is 0 Å². The first kappa shape index (κ1) is 25.6. The maximum Gasteiger partial charge on any atom is 0.267 e. The van der Waals surface area contributed by atoms with Gasteiger partial charge in [-0.3, -0.25) is 10.0 Å². The van der Waals surface area contributed by atoms with Gasteiger partial charge in [-0.25, -0.2) is 23.9 Å². The Bertz CT molecular complexity index is 1330. The molecule has 3 aromatic rings. The molecule has 1 heterocycles. The van der Waals surface area contributed by atoms with Gasteiger partial charge in [0.05, 0.1) is 9.92 Å². The third kappa shape index (κ3) is 6.31. The van der Waals surface area contributed by atoms with E-state index in [1.54, 1.807) is 24.3 Å². The number of carbonyl (C=O) groups is 1. The Hall–Kier alpha value is -3.02. The maximum atomic E-state index is 11.8. The fourth-order valence-corrected chi connectivity index (χ4v) is 4.12. The van der Waals surface area contributed by atoms with E-state index in [0.29, 0.717) is 33.2 Å². The fourth-order valence-electron chi connectivity index (χ4n) is 2.92. The molecule has 0 bridgehead atoms. The van der Waals surface area contributed by atoms with Crippen LogP contribution < -0.4 is 10.8 Å². The summed E-state index contributed by atoms with van der Waals surface area (Å²) in [6.07, 6.45) is 6.00. The standard InChI is InChI=1S/C22H20Cl2N4O5S/c1-33-22(16-6-5-15(10-19(16)24)34(2,31)32)27-14-4-7-18(23)17(9-14)21-25-11-13(12-26-21)3-8-20(29)28-30/h3-12,22,27,30H,1-2H3,(H,28,29)/b8-3+. The Morgan fingerprint density at radius 3 is 2.41 bits per heavy atom. The number of benzene rings is 2. The Morgan fingerprint density at radius 2 is 1.82 bits per heavy atom. The molecule has 2 aromatic carbocycles. The minimum absolute atomic E-state index is 0.109. The number of nitrogens with zero attached hydrogens (tertiary/aromatic N) is 2. The number of hydrogen-bond acceptors (Lipinski definition) is 8. The van der Waals surface area contributed by atoms with Crippen molar-refractivity contribution in [3.8, 4) is 11.4 Å². The lowest BCUT2D eigenvalue weighted by Crippen LogP contribution is -2.14. The van der Waals surface area contributed by atoms with E-state index in [1.165, 1.54) is 43.2 Å². The molecule has 1 amide bonds. The van der Waals surface area contributed by atoms with Gasteiger partial charge in [0.25, 0.3) is 5.91 Å². The Kier molecular flexibility index (Phi) is 8.24. The molecule has 0 fully saturated rings. The second-order valence-electron chi connectivity index (χ2n) is 7.06. The summed E-state index contributed by atoms with van der Waals surface area (Å²) in [6, 6.07) is 9.57. The molecule has 9 nitrogen and oxygen atoms in total. The number of aromatic nitrogens is 2. The maximum absolute atomic E-state index is 11.8. The fraction of sp³-hybridized carbons (Fsp3) is 0.136. The molecule has 0 aliphatic heterocycles. The molecule has 178 valence electrons. The summed E-state index contributed by atoms with van der Waals surface area (Å²) in [6.45, 7) is 0. The predicted octanol–water partition coefficient (Wildman–Crippen LogP) is 4.13. The quantitative estimate of drug-likeness (QED) is 0.174. The molecule has 12 heteroatoms. The highest BCUT2D eigenvalue weighted by molar-refractivity contribution is 7.90. The zero-order valence-electron chi connectivity index (χ0n) is 18.0. The van der Waals surface area contributed by atoms with Crippen LogP contribution in [0.3, 0.4) is 0 Å². The van der Waals surface area contributed by atoms with Gasteiger partial charge in [-0.1, -0.05) is 29.3 Å². The van der Waals surface area contributed by atoms with Crippen molar-refractivity contribution in [3.63, 3.8) is 0 Å². The van der Waals surface area contributed by atoms with E-state index in [0.717, 1.165) is 12.3 Å². The highest BCUT2D eigenvalue weighted by Crippen LogP contribution is 2.32. The van der Waals surface area contributed by atoms with Crippen molar-refractivity contribution < 1.29 is 23.2 Å². The van der Waals surface area contributed by atoms with E-state index in [1.807, 2.05) is 0 Å². The number of methoxy groups -OCH3 is 1. The second-order valence-corrected chi connectivity index (χ2v) is 9.89. The third-order valence-electron chi connectivity index (χ3n) is 4.63. The zero-order valence-corrected chi connectivity index (χ0v) is 20.3. The third-order valence-corrected chi connectivity index (χ3v) is 6.40. The Morgan fingerprint density at radius 1 is 1.12 bits per heavy atom. The number of amides is 1. The summed E-state index contributed by atoms with van der Waals surface area (Å²) in [5.74, 6) is -0.327. The first-order valence-electron chi connectivity index (χ1n) is 9.65. The van der Waals surface area contributed by atoms with E-state index >= 15 is 0 Å². The molecule has 1 aromatic heterocycles. The molecule has 0 aliphatic rings. The van der Waals surface area contributed by atoms with Crippen molar-refractivity contribution in [2.75, 3.05) is 18.7 Å². The van der Waals surface area contributed by atoms with Crippen LogP contribution in [0, 0.1) is 0 Å². The Balaban J connectivity index is 1.86. The lowest BCUT2D eigenvalue weighted by atomic mass is 10.1. The summed E-state index contributed by atoms with van der Waals surface area (Å²) >= 11 is 12.7. The number of carbonyl (C=O) groups excluding carboxylic acids is 1. The average molecular weight is 523 g/mol. The monoisotopic (exact) mass is 522 g/mol. The van der Waals surface area contributed by atoms with Crippen LogP contribution in [0.15, 0.2) is 59.8 Å². The van der Waals surface area contributed by atoms with Crippen molar-refractivity contribution in [3.05, 3.63) is 76.0 Å². The van der Waals surface area contributed by atoms with Crippen molar-refractivity contribution in [1.29, 1.82) is 0 Å². The Labute approximate surface area is 206 Å². The molecule has 3 N–H and O–H groups in total. The lowest BCUT2D eigenvalue weighted by molar-refractivity contribution is -0.124. The van der Waals surface area contributed by atoms with Gasteiger partial charge in [-0.05, 0) is 36.4 Å². The van der Waals surface area contributed by atoms with Gasteiger partial charge >= 0.3 is 0 Å². The van der Waals surface area contributed by atoms with Crippen LogP contribution in [0.4, 0.5) is 5.69 Å². The summed E-state index contributed by atoms with van der Waals surface area (Å²) < 4.78 is 29.1. The van der Waals surface area contributed by atoms with Gasteiger partial charge in [0.15, 0.2) is 21.9 Å². The number of anilines is 1. The number of hydroxylamine groups is 1. The normalized spacial score (nSPS) is 12.5. The number of halogens is 2. The van der Waals surface area contributed by atoms with E-state index in [9.17, 15) is 13.2 Å². The largest absolute Gasteiger partial charge is 0.357 e. The number of sulfone groups is 1. The van der Waals surface area contributed by atoms with Crippen molar-refractivity contribution in [1.82, 2.24) is 15.4 Å². The van der Waals surface area contributed by atoms with E-state index in [2.05, 4.69) is 15.3 Å². The van der Waals surface area contributed by atoms with E-state index in [-0.39, 0.29) is 9.92 Å². The second kappa shape index (κ2) is 10.9. The first-order valence-corrected chi connectivity index (χ1v) is 12.3. The van der Waals surface area contributed by atoms with Crippen molar-refractivity contribution >= 4 is 50.7 Å². The first-order chi connectivity index (χ1) is 16.1. The van der Waals surface area contributed by atoms with Crippen LogP contribution in [-0.4, -0.2) is 42.9 Å². The zero-order chi connectivity index (χ0) is 24.9. The summed E-state index contributed by atoms with van der Waals surface area (Å²) in [4.78, 5) is 19.8. The van der Waals surface area contributed by atoms with Crippen molar-refractivity contribution in [2.24, 2.45) is 0 Å². The number of rotatable bonds is 8.